The van der Waals surface area contributed by atoms with Crippen LogP contribution in [0.1, 0.15) is 63.5 Å². The molecule has 5 saturated heterocycles. The number of benzene rings is 3. The topological polar surface area (TPSA) is 286 Å². The summed E-state index contributed by atoms with van der Waals surface area (Å²) in [4.78, 5) is 92.6. The lowest BCUT2D eigenvalue weighted by Crippen LogP contribution is -2.70. The second-order valence-electron chi connectivity index (χ2n) is 19.2. The molecule has 0 bridgehead atoms. The Hall–Kier alpha value is -6.65. The van der Waals surface area contributed by atoms with E-state index in [1.54, 1.807) is 0 Å². The third-order valence-corrected chi connectivity index (χ3v) is 13.6. The van der Waals surface area contributed by atoms with Crippen LogP contribution in [0.4, 0.5) is 4.79 Å². The monoisotopic (exact) mass is 1120 g/mol. The molecule has 3 aromatic rings. The Labute approximate surface area is 459 Å². The van der Waals surface area contributed by atoms with Crippen LogP contribution in [-0.4, -0.2) is 174 Å². The Morgan fingerprint density at radius 1 is 0.613 bits per heavy atom. The fourth-order valence-electron chi connectivity index (χ4n) is 10.1. The van der Waals surface area contributed by atoms with Gasteiger partial charge in [-0.25, -0.2) is 14.4 Å². The number of carbonyl (C=O) groups excluding carboxylic acids is 7. The fourth-order valence-corrected chi connectivity index (χ4v) is 10.1. The van der Waals surface area contributed by atoms with Crippen LogP contribution in [0.15, 0.2) is 91.0 Å². The lowest BCUT2D eigenvalue weighted by atomic mass is 9.89. The van der Waals surface area contributed by atoms with Gasteiger partial charge in [0.05, 0.1) is 46.6 Å². The van der Waals surface area contributed by atoms with E-state index in [1.165, 1.54) is 0 Å². The van der Waals surface area contributed by atoms with Crippen LogP contribution in [0.2, 0.25) is 0 Å². The third-order valence-electron chi connectivity index (χ3n) is 13.6. The first-order valence-electron chi connectivity index (χ1n) is 25.6. The maximum atomic E-state index is 14.8. The molecule has 3 aromatic carbocycles. The van der Waals surface area contributed by atoms with E-state index in [1.807, 2.05) is 91.0 Å². The molecule has 0 saturated carbocycles. The fraction of sp³-hybridized carbons (Fsp3) is 0.545. The SMILES string of the molecule is COC(=O)[C@@]1(O[C@@H]2C[C@](OC)(C(=O)OC)O[C@H](C3COC(=O)O3)[C@@H]2O[C@H]2O[C@@H]3COC(c4ccccc4)O[C@H]3[C@H](OCc3ccccc3)[C@H]2OCc2ccccc2)C[C@@H](OC(C)=O)[C@@H](OC(C)=O)[C@@H]([C@@H](COC(C)=O)OC(C)=O)O1. The smallest absolute Gasteiger partial charge is 0.465 e. The summed E-state index contributed by atoms with van der Waals surface area (Å²) in [7, 11) is 3.14. The molecule has 0 radical (unpaired) electrons. The molecule has 0 aromatic heterocycles. The first kappa shape index (κ1) is 59.5. The van der Waals surface area contributed by atoms with Crippen molar-refractivity contribution in [2.24, 2.45) is 0 Å². The molecular formula is C55H64O25. The second-order valence-corrected chi connectivity index (χ2v) is 19.2. The van der Waals surface area contributed by atoms with Gasteiger partial charge in [0, 0.05) is 46.8 Å². The van der Waals surface area contributed by atoms with Crippen LogP contribution >= 0.6 is 0 Å². The lowest BCUT2D eigenvalue weighted by molar-refractivity contribution is -0.408. The average Bonchev–Trinajstić information content (AvgIpc) is 3.99. The van der Waals surface area contributed by atoms with Crippen molar-refractivity contribution in [3.05, 3.63) is 108 Å². The molecule has 5 heterocycles. The molecule has 8 rings (SSSR count). The highest BCUT2D eigenvalue weighted by Crippen LogP contribution is 2.46. The number of hydrogen-bond acceptors (Lipinski definition) is 25. The molecule has 2 unspecified atom stereocenters. The van der Waals surface area contributed by atoms with E-state index < -0.39 is 165 Å². The minimum Gasteiger partial charge on any atom is -0.465 e. The Balaban J connectivity index is 1.27. The molecule has 5 aliphatic heterocycles. The van der Waals surface area contributed by atoms with Crippen LogP contribution in [0, 0.1) is 0 Å². The van der Waals surface area contributed by atoms with Crippen molar-refractivity contribution in [3.8, 4) is 0 Å². The largest absolute Gasteiger partial charge is 0.508 e. The highest BCUT2D eigenvalue weighted by molar-refractivity contribution is 5.79. The molecule has 5 fully saturated rings. The van der Waals surface area contributed by atoms with Gasteiger partial charge in [-0.05, 0) is 11.1 Å². The van der Waals surface area contributed by atoms with Crippen molar-refractivity contribution in [2.45, 2.75) is 151 Å². The quantitative estimate of drug-likeness (QED) is 0.109. The van der Waals surface area contributed by atoms with Crippen LogP contribution < -0.4 is 0 Å². The number of carbonyl (C=O) groups is 7. The summed E-state index contributed by atoms with van der Waals surface area (Å²) < 4.78 is 110. The van der Waals surface area contributed by atoms with E-state index in [0.717, 1.165) is 60.2 Å². The molecule has 434 valence electrons. The van der Waals surface area contributed by atoms with Crippen molar-refractivity contribution in [2.75, 3.05) is 41.2 Å². The maximum Gasteiger partial charge on any atom is 0.508 e. The zero-order valence-corrected chi connectivity index (χ0v) is 44.9. The number of ether oxygens (including phenoxy) is 18. The minimum absolute atomic E-state index is 0.0395. The zero-order chi connectivity index (χ0) is 57.1. The van der Waals surface area contributed by atoms with Crippen LogP contribution in [0.3, 0.4) is 0 Å². The van der Waals surface area contributed by atoms with E-state index in [0.29, 0.717) is 5.56 Å². The van der Waals surface area contributed by atoms with Gasteiger partial charge in [-0.2, -0.15) is 0 Å². The second kappa shape index (κ2) is 26.7. The van der Waals surface area contributed by atoms with Crippen molar-refractivity contribution < 1.29 is 119 Å². The number of cyclic esters (lactones) is 2. The Morgan fingerprint density at radius 3 is 1.77 bits per heavy atom. The molecule has 25 nitrogen and oxygen atoms in total. The van der Waals surface area contributed by atoms with Gasteiger partial charge in [-0.1, -0.05) is 91.0 Å². The number of fused-ring (bicyclic) bond motifs is 1. The highest BCUT2D eigenvalue weighted by Gasteiger charge is 2.65. The number of methoxy groups -OCH3 is 3. The molecule has 5 aliphatic rings. The van der Waals surface area contributed by atoms with Crippen molar-refractivity contribution in [3.63, 3.8) is 0 Å². The van der Waals surface area contributed by atoms with E-state index in [9.17, 15) is 33.6 Å². The molecule has 0 spiro atoms. The predicted octanol–water partition coefficient (Wildman–Crippen LogP) is 3.62. The average molecular weight is 1130 g/mol. The van der Waals surface area contributed by atoms with Gasteiger partial charge >= 0.3 is 42.0 Å². The maximum absolute atomic E-state index is 14.8. The minimum atomic E-state index is -2.86. The first-order chi connectivity index (χ1) is 38.4. The summed E-state index contributed by atoms with van der Waals surface area (Å²) in [5.74, 6) is -11.5. The number of rotatable bonds is 21. The summed E-state index contributed by atoms with van der Waals surface area (Å²) in [6, 6.07) is 27.8. The molecule has 0 aliphatic carbocycles. The molecule has 0 amide bonds. The van der Waals surface area contributed by atoms with Gasteiger partial charge in [-0.15, -0.1) is 0 Å². The summed E-state index contributed by atoms with van der Waals surface area (Å²) in [6.45, 7) is 2.83. The Bertz CT molecular complexity index is 2610. The lowest BCUT2D eigenvalue weighted by Gasteiger charge is -2.53. The number of hydrogen-bond donors (Lipinski definition) is 0. The molecule has 16 atom stereocenters. The first-order valence-corrected chi connectivity index (χ1v) is 25.6. The van der Waals surface area contributed by atoms with Gasteiger partial charge in [0.1, 0.15) is 62.0 Å². The summed E-state index contributed by atoms with van der Waals surface area (Å²) in [6.07, 6.45) is -22.9. The van der Waals surface area contributed by atoms with Crippen LogP contribution in [0.25, 0.3) is 0 Å². The third kappa shape index (κ3) is 14.1. The van der Waals surface area contributed by atoms with Crippen molar-refractivity contribution >= 4 is 42.0 Å². The van der Waals surface area contributed by atoms with Gasteiger partial charge in [0.15, 0.2) is 30.9 Å². The standard InChI is InChI=1S/C55H64O25/c1-30(56)66-27-40(72-32(3)58)45-42(73-33(4)59)37(71-31(2)57)23-55(80-45,52(61)64-6)78-38-24-54(65-7,51(60)63-5)79-46(41-29-70-53(62)75-41)43(38)77-50-48(68-26-35-19-13-9-14-20-35)47(67-25-34-17-11-8-12-18-34)44-39(74-50)28-69-49(76-44)36-21-15-10-16-22-36/h8-22,37-50H,23-29H2,1-7H3/t37-,38-,39-,40-,41?,42-,43-,44-,45-,46-,47+,48-,49?,50-,54-,55-/m1/s1. The van der Waals surface area contributed by atoms with Gasteiger partial charge in [0.2, 0.25) is 0 Å². The van der Waals surface area contributed by atoms with E-state index in [2.05, 4.69) is 0 Å². The van der Waals surface area contributed by atoms with Gasteiger partial charge < -0.3 is 85.3 Å². The predicted molar refractivity (Wildman–Crippen MR) is 263 cm³/mol. The Morgan fingerprint density at radius 2 is 1.21 bits per heavy atom. The summed E-state index contributed by atoms with van der Waals surface area (Å²) in [5.41, 5.74) is 2.24. The molecule has 80 heavy (non-hydrogen) atoms. The van der Waals surface area contributed by atoms with Crippen molar-refractivity contribution in [1.29, 1.82) is 0 Å². The molecule has 0 N–H and O–H groups in total. The zero-order valence-electron chi connectivity index (χ0n) is 44.9. The van der Waals surface area contributed by atoms with Crippen LogP contribution in [0.5, 0.6) is 0 Å². The highest BCUT2D eigenvalue weighted by atomic mass is 16.8. The van der Waals surface area contributed by atoms with E-state index in [-0.39, 0.29) is 19.8 Å². The normalized spacial score (nSPS) is 32.3. The van der Waals surface area contributed by atoms with Crippen LogP contribution in [-0.2, 0) is 127 Å². The van der Waals surface area contributed by atoms with E-state index >= 15 is 0 Å². The van der Waals surface area contributed by atoms with E-state index in [4.69, 9.17) is 85.3 Å². The summed E-state index contributed by atoms with van der Waals surface area (Å²) >= 11 is 0. The van der Waals surface area contributed by atoms with Gasteiger partial charge in [0.25, 0.3) is 11.6 Å². The summed E-state index contributed by atoms with van der Waals surface area (Å²) in [5, 5.41) is 0. The number of esters is 6. The van der Waals surface area contributed by atoms with Crippen molar-refractivity contribution in [1.82, 2.24) is 0 Å². The molecule has 25 heteroatoms. The molecular weight excluding hydrogens is 1060 g/mol. The van der Waals surface area contributed by atoms with Gasteiger partial charge in [-0.3, -0.25) is 19.2 Å². The Kier molecular flexibility index (Phi) is 19.9.